The predicted molar refractivity (Wildman–Crippen MR) is 86.2 cm³/mol. The number of benzene rings is 1. The molecule has 0 saturated heterocycles. The molecule has 0 aromatic heterocycles. The summed E-state index contributed by atoms with van der Waals surface area (Å²) in [5.41, 5.74) is 7.26. The van der Waals surface area contributed by atoms with E-state index in [1.807, 2.05) is 12.1 Å². The summed E-state index contributed by atoms with van der Waals surface area (Å²) >= 11 is 0. The summed E-state index contributed by atoms with van der Waals surface area (Å²) in [5, 5.41) is 0. The zero-order chi connectivity index (χ0) is 15.2. The lowest BCUT2D eigenvalue weighted by Gasteiger charge is -2.40. The van der Waals surface area contributed by atoms with Gasteiger partial charge < -0.3 is 10.5 Å². The first-order valence-electron chi connectivity index (χ1n) is 7.50. The summed E-state index contributed by atoms with van der Waals surface area (Å²) < 4.78 is 5.46. The number of ether oxygens (including phenoxy) is 1. The van der Waals surface area contributed by atoms with Gasteiger partial charge in [-0.2, -0.15) is 0 Å². The van der Waals surface area contributed by atoms with Crippen molar-refractivity contribution in [2.24, 2.45) is 11.7 Å². The molecule has 3 heteroatoms. The lowest BCUT2D eigenvalue weighted by Crippen LogP contribution is -2.52. The molecule has 114 valence electrons. The van der Waals surface area contributed by atoms with Gasteiger partial charge >= 0.3 is 0 Å². The molecule has 0 heterocycles. The van der Waals surface area contributed by atoms with E-state index in [1.54, 1.807) is 7.11 Å². The number of hydrogen-bond donors (Lipinski definition) is 1. The van der Waals surface area contributed by atoms with Crippen LogP contribution in [0.2, 0.25) is 0 Å². The number of likely N-dealkylation sites (N-methyl/N-ethyl adjacent to an activating group) is 1. The molecule has 1 aromatic carbocycles. The van der Waals surface area contributed by atoms with Crippen LogP contribution < -0.4 is 10.5 Å². The molecule has 0 aliphatic rings. The van der Waals surface area contributed by atoms with E-state index in [4.69, 9.17) is 10.5 Å². The fourth-order valence-electron chi connectivity index (χ4n) is 2.44. The van der Waals surface area contributed by atoms with E-state index in [-0.39, 0.29) is 5.54 Å². The average molecular weight is 278 g/mol. The third kappa shape index (κ3) is 4.22. The molecule has 0 spiro atoms. The first kappa shape index (κ1) is 17.0. The Morgan fingerprint density at radius 1 is 1.35 bits per heavy atom. The van der Waals surface area contributed by atoms with Crippen molar-refractivity contribution in [2.75, 3.05) is 27.2 Å². The Bertz CT molecular complexity index is 408. The number of nitrogens with zero attached hydrogens (tertiary/aromatic N) is 1. The Morgan fingerprint density at radius 3 is 2.55 bits per heavy atom. The molecule has 2 atom stereocenters. The fourth-order valence-corrected chi connectivity index (χ4v) is 2.44. The predicted octanol–water partition coefficient (Wildman–Crippen LogP) is 2.93. The van der Waals surface area contributed by atoms with Gasteiger partial charge in [-0.1, -0.05) is 38.5 Å². The van der Waals surface area contributed by atoms with Crippen LogP contribution in [-0.4, -0.2) is 37.7 Å². The van der Waals surface area contributed by atoms with Crippen molar-refractivity contribution in [2.45, 2.75) is 39.2 Å². The zero-order valence-electron chi connectivity index (χ0n) is 13.6. The van der Waals surface area contributed by atoms with E-state index in [2.05, 4.69) is 44.9 Å². The molecule has 0 fully saturated rings. The Labute approximate surface area is 124 Å². The van der Waals surface area contributed by atoms with Crippen LogP contribution in [0.4, 0.5) is 0 Å². The van der Waals surface area contributed by atoms with Crippen LogP contribution in [-0.2, 0) is 6.42 Å². The Kier molecular flexibility index (Phi) is 6.50. The molecule has 1 aromatic rings. The summed E-state index contributed by atoms with van der Waals surface area (Å²) in [5.74, 6) is 1.63. The molecule has 3 nitrogen and oxygen atoms in total. The maximum Gasteiger partial charge on any atom is 0.122 e. The van der Waals surface area contributed by atoms with Crippen molar-refractivity contribution in [3.05, 3.63) is 29.8 Å². The molecule has 1 rings (SSSR count). The molecule has 0 bridgehead atoms. The average Bonchev–Trinajstić information content (AvgIpc) is 2.47. The summed E-state index contributed by atoms with van der Waals surface area (Å²) in [7, 11) is 3.90. The van der Waals surface area contributed by atoms with Gasteiger partial charge in [0.15, 0.2) is 0 Å². The topological polar surface area (TPSA) is 38.5 Å². The van der Waals surface area contributed by atoms with Crippen LogP contribution in [0.5, 0.6) is 5.75 Å². The van der Waals surface area contributed by atoms with Crippen molar-refractivity contribution < 1.29 is 4.74 Å². The molecular weight excluding hydrogens is 248 g/mol. The van der Waals surface area contributed by atoms with Crippen molar-refractivity contribution in [1.29, 1.82) is 0 Å². The maximum absolute atomic E-state index is 6.08. The van der Waals surface area contributed by atoms with Crippen LogP contribution in [0, 0.1) is 5.92 Å². The Balaban J connectivity index is 2.88. The van der Waals surface area contributed by atoms with Gasteiger partial charge in [-0.15, -0.1) is 0 Å². The van der Waals surface area contributed by atoms with Gasteiger partial charge in [-0.05, 0) is 37.9 Å². The summed E-state index contributed by atoms with van der Waals surface area (Å²) in [6, 6.07) is 8.21. The highest BCUT2D eigenvalue weighted by molar-refractivity contribution is 5.34. The summed E-state index contributed by atoms with van der Waals surface area (Å²) in [6.45, 7) is 8.47. The van der Waals surface area contributed by atoms with E-state index < -0.39 is 0 Å². The zero-order valence-corrected chi connectivity index (χ0v) is 13.6. The van der Waals surface area contributed by atoms with Crippen molar-refractivity contribution >= 4 is 0 Å². The monoisotopic (exact) mass is 278 g/mol. The second kappa shape index (κ2) is 7.65. The van der Waals surface area contributed by atoms with Gasteiger partial charge in [0.2, 0.25) is 0 Å². The van der Waals surface area contributed by atoms with Crippen molar-refractivity contribution in [1.82, 2.24) is 4.90 Å². The van der Waals surface area contributed by atoms with Gasteiger partial charge in [0, 0.05) is 18.6 Å². The second-order valence-electron chi connectivity index (χ2n) is 6.08. The molecule has 2 N–H and O–H groups in total. The lowest BCUT2D eigenvalue weighted by atomic mass is 9.89. The Morgan fingerprint density at radius 2 is 2.00 bits per heavy atom. The minimum Gasteiger partial charge on any atom is -0.496 e. The van der Waals surface area contributed by atoms with E-state index in [0.717, 1.165) is 18.7 Å². The smallest absolute Gasteiger partial charge is 0.122 e. The van der Waals surface area contributed by atoms with E-state index in [1.165, 1.54) is 12.0 Å². The van der Waals surface area contributed by atoms with Gasteiger partial charge in [-0.3, -0.25) is 4.90 Å². The molecule has 0 radical (unpaired) electrons. The van der Waals surface area contributed by atoms with Crippen molar-refractivity contribution in [3.8, 4) is 5.75 Å². The first-order valence-corrected chi connectivity index (χ1v) is 7.50. The van der Waals surface area contributed by atoms with Gasteiger partial charge in [0.05, 0.1) is 7.11 Å². The molecule has 0 amide bonds. The minimum absolute atomic E-state index is 0.0436. The summed E-state index contributed by atoms with van der Waals surface area (Å²) in [4.78, 5) is 2.40. The highest BCUT2D eigenvalue weighted by Crippen LogP contribution is 2.26. The quantitative estimate of drug-likeness (QED) is 0.794. The van der Waals surface area contributed by atoms with Gasteiger partial charge in [0.25, 0.3) is 0 Å². The third-order valence-electron chi connectivity index (χ3n) is 4.41. The van der Waals surface area contributed by atoms with E-state index in [0.29, 0.717) is 12.5 Å². The number of hydrogen-bond acceptors (Lipinski definition) is 3. The lowest BCUT2D eigenvalue weighted by molar-refractivity contribution is 0.123. The Hall–Kier alpha value is -1.06. The highest BCUT2D eigenvalue weighted by Gasteiger charge is 2.29. The number of methoxy groups -OCH3 is 1. The number of para-hydroxylation sites is 1. The molecule has 0 saturated carbocycles. The first-order chi connectivity index (χ1) is 9.46. The largest absolute Gasteiger partial charge is 0.496 e. The molecule has 2 unspecified atom stereocenters. The normalized spacial score (nSPS) is 15.9. The van der Waals surface area contributed by atoms with Crippen molar-refractivity contribution in [3.63, 3.8) is 0 Å². The minimum atomic E-state index is -0.0436. The number of nitrogens with two attached hydrogens (primary N) is 1. The SMILES string of the molecule is CCC(C)CN(C)C(C)(CN)Cc1ccccc1OC. The molecule has 20 heavy (non-hydrogen) atoms. The summed E-state index contributed by atoms with van der Waals surface area (Å²) in [6.07, 6.45) is 2.10. The van der Waals surface area contributed by atoms with Crippen LogP contribution in [0.15, 0.2) is 24.3 Å². The number of rotatable bonds is 8. The second-order valence-corrected chi connectivity index (χ2v) is 6.08. The molecular formula is C17H30N2O. The molecule has 0 aliphatic carbocycles. The van der Waals surface area contributed by atoms with Crippen LogP contribution in [0.3, 0.4) is 0 Å². The maximum atomic E-state index is 6.08. The van der Waals surface area contributed by atoms with E-state index in [9.17, 15) is 0 Å². The van der Waals surface area contributed by atoms with Gasteiger partial charge in [0.1, 0.15) is 5.75 Å². The van der Waals surface area contributed by atoms with E-state index >= 15 is 0 Å². The standard InChI is InChI=1S/C17H30N2O/c1-6-14(2)12-19(4)17(3,13-18)11-15-9-7-8-10-16(15)20-5/h7-10,14H,6,11-13,18H2,1-5H3. The fraction of sp³-hybridized carbons (Fsp3) is 0.647. The molecule has 0 aliphatic heterocycles. The van der Waals surface area contributed by atoms with Crippen LogP contribution in [0.25, 0.3) is 0 Å². The van der Waals surface area contributed by atoms with Crippen LogP contribution in [0.1, 0.15) is 32.8 Å². The van der Waals surface area contributed by atoms with Gasteiger partial charge in [-0.25, -0.2) is 0 Å². The third-order valence-corrected chi connectivity index (χ3v) is 4.41. The van der Waals surface area contributed by atoms with Crippen LogP contribution >= 0.6 is 0 Å². The highest BCUT2D eigenvalue weighted by atomic mass is 16.5.